The first-order valence-electron chi connectivity index (χ1n) is 7.73. The third-order valence-corrected chi connectivity index (χ3v) is 4.04. The Morgan fingerprint density at radius 2 is 2.06 bits per heavy atom. The number of hydrogen-bond donors (Lipinski definition) is 1. The van der Waals surface area contributed by atoms with Crippen LogP contribution in [0.3, 0.4) is 0 Å². The molecular weight excluding hydrogens is 224 g/mol. The predicted molar refractivity (Wildman–Crippen MR) is 76.3 cm³/mol. The van der Waals surface area contributed by atoms with Gasteiger partial charge in [-0.3, -0.25) is 4.79 Å². The molecular formula is C15H30N2O. The Morgan fingerprint density at radius 1 is 1.28 bits per heavy atom. The number of nitrogens with two attached hydrogens (primary N) is 1. The van der Waals surface area contributed by atoms with Crippen LogP contribution in [0.5, 0.6) is 0 Å². The van der Waals surface area contributed by atoms with E-state index in [1.807, 2.05) is 4.90 Å². The third kappa shape index (κ3) is 4.97. The molecule has 0 aromatic carbocycles. The molecule has 1 unspecified atom stereocenters. The second-order valence-electron chi connectivity index (χ2n) is 5.66. The third-order valence-electron chi connectivity index (χ3n) is 4.04. The normalized spacial score (nSPS) is 22.6. The lowest BCUT2D eigenvalue weighted by Crippen LogP contribution is -2.44. The number of carbonyl (C=O) groups excluding carboxylic acids is 1. The zero-order valence-electron chi connectivity index (χ0n) is 12.2. The molecule has 2 N–H and O–H groups in total. The number of unbranched alkanes of at least 4 members (excludes halogenated alkanes) is 1. The summed E-state index contributed by atoms with van der Waals surface area (Å²) < 4.78 is 0. The number of carbonyl (C=O) groups is 1. The van der Waals surface area contributed by atoms with Gasteiger partial charge < -0.3 is 10.6 Å². The van der Waals surface area contributed by atoms with Gasteiger partial charge in [0.05, 0.1) is 6.04 Å². The number of nitrogens with zero attached hydrogens (tertiary/aromatic N) is 1. The molecule has 0 aromatic heterocycles. The van der Waals surface area contributed by atoms with Crippen molar-refractivity contribution in [2.24, 2.45) is 11.7 Å². The molecule has 1 aliphatic heterocycles. The van der Waals surface area contributed by atoms with E-state index in [1.54, 1.807) is 0 Å². The lowest BCUT2D eigenvalue weighted by Gasteiger charge is -2.24. The zero-order valence-corrected chi connectivity index (χ0v) is 12.2. The maximum absolute atomic E-state index is 12.2. The van der Waals surface area contributed by atoms with Crippen molar-refractivity contribution in [2.45, 2.75) is 71.3 Å². The van der Waals surface area contributed by atoms with Crippen molar-refractivity contribution < 1.29 is 4.79 Å². The number of likely N-dealkylation sites (tertiary alicyclic amines) is 1. The van der Waals surface area contributed by atoms with Gasteiger partial charge in [-0.15, -0.1) is 0 Å². The molecule has 1 saturated heterocycles. The minimum atomic E-state index is -0.271. The second kappa shape index (κ2) is 8.52. The van der Waals surface area contributed by atoms with Crippen molar-refractivity contribution in [3.8, 4) is 0 Å². The Labute approximate surface area is 112 Å². The average Bonchev–Trinajstić information content (AvgIpc) is 2.61. The maximum Gasteiger partial charge on any atom is 0.239 e. The van der Waals surface area contributed by atoms with E-state index in [9.17, 15) is 4.79 Å². The van der Waals surface area contributed by atoms with Crippen molar-refractivity contribution >= 4 is 5.91 Å². The Kier molecular flexibility index (Phi) is 7.33. The molecule has 18 heavy (non-hydrogen) atoms. The summed E-state index contributed by atoms with van der Waals surface area (Å²) >= 11 is 0. The molecule has 0 aliphatic carbocycles. The molecule has 1 rings (SSSR count). The summed E-state index contributed by atoms with van der Waals surface area (Å²) in [5.41, 5.74) is 5.99. The highest BCUT2D eigenvalue weighted by atomic mass is 16.2. The fourth-order valence-electron chi connectivity index (χ4n) is 2.86. The van der Waals surface area contributed by atoms with Crippen molar-refractivity contribution in [3.63, 3.8) is 0 Å². The first kappa shape index (κ1) is 15.5. The van der Waals surface area contributed by atoms with Crippen LogP contribution in [-0.2, 0) is 4.79 Å². The fraction of sp³-hybridized carbons (Fsp3) is 0.933. The molecule has 3 nitrogen and oxygen atoms in total. The first-order chi connectivity index (χ1) is 8.69. The molecule has 1 heterocycles. The van der Waals surface area contributed by atoms with Crippen LogP contribution < -0.4 is 5.73 Å². The van der Waals surface area contributed by atoms with E-state index in [0.717, 1.165) is 44.7 Å². The molecule has 0 bridgehead atoms. The average molecular weight is 254 g/mol. The highest BCUT2D eigenvalue weighted by molar-refractivity contribution is 5.81. The minimum absolute atomic E-state index is 0.181. The molecule has 0 radical (unpaired) electrons. The monoisotopic (exact) mass is 254 g/mol. The lowest BCUT2D eigenvalue weighted by molar-refractivity contribution is -0.132. The van der Waals surface area contributed by atoms with Crippen molar-refractivity contribution in [2.75, 3.05) is 13.1 Å². The van der Waals surface area contributed by atoms with E-state index in [4.69, 9.17) is 5.73 Å². The molecule has 2 atom stereocenters. The van der Waals surface area contributed by atoms with Crippen LogP contribution in [0, 0.1) is 5.92 Å². The molecule has 0 saturated carbocycles. The van der Waals surface area contributed by atoms with Gasteiger partial charge in [0.2, 0.25) is 5.91 Å². The molecule has 1 amide bonds. The van der Waals surface area contributed by atoms with Gasteiger partial charge in [0.1, 0.15) is 0 Å². The predicted octanol–water partition coefficient (Wildman–Crippen LogP) is 2.93. The van der Waals surface area contributed by atoms with E-state index in [0.29, 0.717) is 0 Å². The maximum atomic E-state index is 12.2. The van der Waals surface area contributed by atoms with Crippen LogP contribution in [0.15, 0.2) is 0 Å². The summed E-state index contributed by atoms with van der Waals surface area (Å²) in [6.07, 6.45) is 9.17. The summed E-state index contributed by atoms with van der Waals surface area (Å²) in [6.45, 7) is 6.22. The quantitative estimate of drug-likeness (QED) is 0.792. The number of rotatable bonds is 6. The van der Waals surface area contributed by atoms with Crippen LogP contribution in [0.1, 0.15) is 65.2 Å². The number of amides is 1. The summed E-state index contributed by atoms with van der Waals surface area (Å²) in [5.74, 6) is 1.00. The Bertz CT molecular complexity index is 243. The SMILES string of the molecule is CCCC[C@H](N)C(=O)N1CCCC(CCC)CC1. The molecule has 1 fully saturated rings. The van der Waals surface area contributed by atoms with Gasteiger partial charge in [0.15, 0.2) is 0 Å². The molecule has 106 valence electrons. The standard InChI is InChI=1S/C15H30N2O/c1-3-5-9-14(16)15(18)17-11-6-8-13(7-4-2)10-12-17/h13-14H,3-12,16H2,1-2H3/t13?,14-/m0/s1. The zero-order chi connectivity index (χ0) is 13.4. The molecule has 3 heteroatoms. The molecule has 0 aromatic rings. The van der Waals surface area contributed by atoms with Gasteiger partial charge in [-0.25, -0.2) is 0 Å². The highest BCUT2D eigenvalue weighted by Crippen LogP contribution is 2.22. The lowest BCUT2D eigenvalue weighted by atomic mass is 9.96. The Hall–Kier alpha value is -0.570. The Balaban J connectivity index is 2.39. The van der Waals surface area contributed by atoms with Gasteiger partial charge in [-0.05, 0) is 31.6 Å². The Morgan fingerprint density at radius 3 is 2.72 bits per heavy atom. The van der Waals surface area contributed by atoms with Crippen LogP contribution in [-0.4, -0.2) is 29.9 Å². The topological polar surface area (TPSA) is 46.3 Å². The van der Waals surface area contributed by atoms with Crippen LogP contribution in [0.2, 0.25) is 0 Å². The first-order valence-corrected chi connectivity index (χ1v) is 7.73. The van der Waals surface area contributed by atoms with Gasteiger partial charge in [0, 0.05) is 13.1 Å². The fourth-order valence-corrected chi connectivity index (χ4v) is 2.86. The van der Waals surface area contributed by atoms with Crippen LogP contribution >= 0.6 is 0 Å². The van der Waals surface area contributed by atoms with Gasteiger partial charge in [-0.1, -0.05) is 39.5 Å². The molecule has 1 aliphatic rings. The summed E-state index contributed by atoms with van der Waals surface area (Å²) in [7, 11) is 0. The van der Waals surface area contributed by atoms with Crippen LogP contribution in [0.25, 0.3) is 0 Å². The largest absolute Gasteiger partial charge is 0.341 e. The van der Waals surface area contributed by atoms with E-state index in [2.05, 4.69) is 13.8 Å². The summed E-state index contributed by atoms with van der Waals surface area (Å²) in [6, 6.07) is -0.271. The van der Waals surface area contributed by atoms with Gasteiger partial charge >= 0.3 is 0 Å². The summed E-state index contributed by atoms with van der Waals surface area (Å²) in [4.78, 5) is 14.2. The second-order valence-corrected chi connectivity index (χ2v) is 5.66. The van der Waals surface area contributed by atoms with Gasteiger partial charge in [-0.2, -0.15) is 0 Å². The molecule has 0 spiro atoms. The smallest absolute Gasteiger partial charge is 0.239 e. The number of hydrogen-bond acceptors (Lipinski definition) is 2. The van der Waals surface area contributed by atoms with E-state index in [1.165, 1.54) is 25.7 Å². The van der Waals surface area contributed by atoms with E-state index >= 15 is 0 Å². The van der Waals surface area contributed by atoms with Crippen molar-refractivity contribution in [1.29, 1.82) is 0 Å². The van der Waals surface area contributed by atoms with Gasteiger partial charge in [0.25, 0.3) is 0 Å². The van der Waals surface area contributed by atoms with Crippen molar-refractivity contribution in [3.05, 3.63) is 0 Å². The van der Waals surface area contributed by atoms with E-state index in [-0.39, 0.29) is 11.9 Å². The summed E-state index contributed by atoms with van der Waals surface area (Å²) in [5, 5.41) is 0. The highest BCUT2D eigenvalue weighted by Gasteiger charge is 2.23. The van der Waals surface area contributed by atoms with E-state index < -0.39 is 0 Å². The van der Waals surface area contributed by atoms with Crippen molar-refractivity contribution in [1.82, 2.24) is 4.90 Å². The van der Waals surface area contributed by atoms with Crippen LogP contribution in [0.4, 0.5) is 0 Å². The minimum Gasteiger partial charge on any atom is -0.341 e.